The van der Waals surface area contributed by atoms with Crippen molar-refractivity contribution in [3.8, 4) is 0 Å². The fourth-order valence-corrected chi connectivity index (χ4v) is 2.43. The predicted octanol–water partition coefficient (Wildman–Crippen LogP) is 3.24. The van der Waals surface area contributed by atoms with Gasteiger partial charge < -0.3 is 5.32 Å². The second kappa shape index (κ2) is 5.31. The van der Waals surface area contributed by atoms with Crippen molar-refractivity contribution in [3.05, 3.63) is 44.0 Å². The molecule has 0 saturated heterocycles. The van der Waals surface area contributed by atoms with Gasteiger partial charge in [-0.1, -0.05) is 0 Å². The summed E-state index contributed by atoms with van der Waals surface area (Å²) in [5, 5.41) is 14.8. The zero-order valence-electron chi connectivity index (χ0n) is 10.9. The van der Waals surface area contributed by atoms with E-state index in [9.17, 15) is 10.1 Å². The van der Waals surface area contributed by atoms with Crippen molar-refractivity contribution < 1.29 is 4.92 Å². The van der Waals surface area contributed by atoms with Gasteiger partial charge in [0.25, 0.3) is 5.69 Å². The number of nitrogens with zero attached hydrogens (tertiary/aromatic N) is 3. The molecular formula is C12H14N4O2S. The van der Waals surface area contributed by atoms with Crippen molar-refractivity contribution in [1.29, 1.82) is 0 Å². The van der Waals surface area contributed by atoms with Crippen molar-refractivity contribution in [2.24, 2.45) is 0 Å². The zero-order chi connectivity index (χ0) is 14.0. The Morgan fingerprint density at radius 2 is 2.11 bits per heavy atom. The number of hydrogen-bond acceptors (Lipinski definition) is 6. The number of rotatable bonds is 4. The molecule has 2 aromatic rings. The molecule has 6 nitrogen and oxygen atoms in total. The van der Waals surface area contributed by atoms with Crippen molar-refractivity contribution >= 4 is 22.8 Å². The summed E-state index contributed by atoms with van der Waals surface area (Å²) in [4.78, 5) is 19.8. The van der Waals surface area contributed by atoms with E-state index in [0.29, 0.717) is 5.82 Å². The molecule has 0 fully saturated rings. The average molecular weight is 278 g/mol. The van der Waals surface area contributed by atoms with Gasteiger partial charge in [-0.15, -0.1) is 11.3 Å². The molecule has 0 aliphatic carbocycles. The Bertz CT molecular complexity index is 612. The quantitative estimate of drug-likeness (QED) is 0.686. The number of aromatic nitrogens is 2. The summed E-state index contributed by atoms with van der Waals surface area (Å²) in [6.45, 7) is 5.78. The molecular weight excluding hydrogens is 264 g/mol. The van der Waals surface area contributed by atoms with Crippen LogP contribution in [0.5, 0.6) is 0 Å². The second-order valence-corrected chi connectivity index (χ2v) is 5.56. The molecule has 0 aliphatic rings. The minimum absolute atomic E-state index is 0.000737. The predicted molar refractivity (Wildman–Crippen MR) is 74.5 cm³/mol. The van der Waals surface area contributed by atoms with Crippen LogP contribution in [0.25, 0.3) is 0 Å². The van der Waals surface area contributed by atoms with Crippen LogP contribution >= 0.6 is 11.3 Å². The highest BCUT2D eigenvalue weighted by Crippen LogP contribution is 2.25. The Labute approximate surface area is 114 Å². The smallest absolute Gasteiger partial charge is 0.287 e. The summed E-state index contributed by atoms with van der Waals surface area (Å²) in [6.07, 6.45) is 3.09. The van der Waals surface area contributed by atoms with Crippen molar-refractivity contribution in [2.45, 2.75) is 26.8 Å². The van der Waals surface area contributed by atoms with E-state index in [4.69, 9.17) is 0 Å². The molecule has 0 aliphatic heterocycles. The third-order valence-corrected chi connectivity index (χ3v) is 3.73. The average Bonchev–Trinajstić information content (AvgIpc) is 2.78. The molecule has 2 rings (SSSR count). The highest BCUT2D eigenvalue weighted by molar-refractivity contribution is 7.11. The Kier molecular flexibility index (Phi) is 3.75. The summed E-state index contributed by atoms with van der Waals surface area (Å²) >= 11 is 1.62. The largest absolute Gasteiger partial charge is 0.361 e. The molecule has 0 bridgehead atoms. The van der Waals surface area contributed by atoms with Crippen LogP contribution in [0, 0.1) is 24.0 Å². The van der Waals surface area contributed by atoms with Crippen molar-refractivity contribution in [3.63, 3.8) is 0 Å². The van der Waals surface area contributed by atoms with E-state index in [1.807, 2.05) is 20.0 Å². The van der Waals surface area contributed by atoms with E-state index < -0.39 is 4.92 Å². The minimum Gasteiger partial charge on any atom is -0.361 e. The summed E-state index contributed by atoms with van der Waals surface area (Å²) in [7, 11) is 0. The van der Waals surface area contributed by atoms with Gasteiger partial charge in [0.05, 0.1) is 11.0 Å². The SMILES string of the molecule is Cc1cnc(C(C)Nc2ncc([N+](=O)[O-])cc2C)s1. The van der Waals surface area contributed by atoms with Gasteiger partial charge in [0.1, 0.15) is 17.0 Å². The normalized spacial score (nSPS) is 12.2. The van der Waals surface area contributed by atoms with Crippen LogP contribution in [0.3, 0.4) is 0 Å². The van der Waals surface area contributed by atoms with Gasteiger partial charge in [-0.25, -0.2) is 9.97 Å². The highest BCUT2D eigenvalue weighted by Gasteiger charge is 2.14. The highest BCUT2D eigenvalue weighted by atomic mass is 32.1. The Hall–Kier alpha value is -2.02. The summed E-state index contributed by atoms with van der Waals surface area (Å²) in [5.41, 5.74) is 0.745. The molecule has 0 radical (unpaired) electrons. The molecule has 1 N–H and O–H groups in total. The number of aryl methyl sites for hydroxylation is 2. The molecule has 1 atom stereocenters. The Morgan fingerprint density at radius 1 is 1.37 bits per heavy atom. The zero-order valence-corrected chi connectivity index (χ0v) is 11.7. The number of nitrogens with one attached hydrogen (secondary N) is 1. The first-order valence-electron chi connectivity index (χ1n) is 5.77. The molecule has 0 aromatic carbocycles. The van der Waals surface area contributed by atoms with Crippen LogP contribution < -0.4 is 5.32 Å². The molecule has 2 heterocycles. The summed E-state index contributed by atoms with van der Waals surface area (Å²) in [5.74, 6) is 0.644. The van der Waals surface area contributed by atoms with Crippen LogP contribution in [0.4, 0.5) is 11.5 Å². The fraction of sp³-hybridized carbons (Fsp3) is 0.333. The van der Waals surface area contributed by atoms with Gasteiger partial charge in [0, 0.05) is 17.1 Å². The maximum absolute atomic E-state index is 10.6. The fourth-order valence-electron chi connectivity index (χ4n) is 1.65. The maximum atomic E-state index is 10.6. The number of nitro groups is 1. The molecule has 2 aromatic heterocycles. The molecule has 0 amide bonds. The summed E-state index contributed by atoms with van der Waals surface area (Å²) in [6, 6.07) is 1.53. The monoisotopic (exact) mass is 278 g/mol. The van der Waals surface area contributed by atoms with E-state index >= 15 is 0 Å². The van der Waals surface area contributed by atoms with E-state index in [1.165, 1.54) is 12.3 Å². The van der Waals surface area contributed by atoms with Crippen LogP contribution in [0.2, 0.25) is 0 Å². The van der Waals surface area contributed by atoms with Crippen molar-refractivity contribution in [1.82, 2.24) is 9.97 Å². The van der Waals surface area contributed by atoms with Crippen LogP contribution in [-0.2, 0) is 0 Å². The lowest BCUT2D eigenvalue weighted by Crippen LogP contribution is -2.09. The summed E-state index contributed by atoms with van der Waals surface area (Å²) < 4.78 is 0. The number of thiazole rings is 1. The molecule has 7 heteroatoms. The first kappa shape index (κ1) is 13.4. The van der Waals surface area contributed by atoms with Gasteiger partial charge in [-0.2, -0.15) is 0 Å². The molecule has 0 saturated carbocycles. The molecule has 0 spiro atoms. The van der Waals surface area contributed by atoms with Gasteiger partial charge in [-0.05, 0) is 26.3 Å². The topological polar surface area (TPSA) is 81.0 Å². The Morgan fingerprint density at radius 3 is 2.63 bits per heavy atom. The molecule has 19 heavy (non-hydrogen) atoms. The lowest BCUT2D eigenvalue weighted by Gasteiger charge is -2.13. The van der Waals surface area contributed by atoms with Crippen LogP contribution in [0.15, 0.2) is 18.5 Å². The number of hydrogen-bond donors (Lipinski definition) is 1. The third-order valence-electron chi connectivity index (χ3n) is 2.64. The van der Waals surface area contributed by atoms with E-state index in [1.54, 1.807) is 18.3 Å². The van der Waals surface area contributed by atoms with Crippen LogP contribution in [-0.4, -0.2) is 14.9 Å². The first-order chi connectivity index (χ1) is 8.97. The second-order valence-electron chi connectivity index (χ2n) is 4.29. The van der Waals surface area contributed by atoms with Crippen LogP contribution in [0.1, 0.15) is 28.4 Å². The molecule has 1 unspecified atom stereocenters. The van der Waals surface area contributed by atoms with E-state index in [2.05, 4.69) is 15.3 Å². The van der Waals surface area contributed by atoms with Crippen molar-refractivity contribution in [2.75, 3.05) is 5.32 Å². The van der Waals surface area contributed by atoms with E-state index in [-0.39, 0.29) is 11.7 Å². The lowest BCUT2D eigenvalue weighted by atomic mass is 10.2. The van der Waals surface area contributed by atoms with Gasteiger partial charge >= 0.3 is 0 Å². The lowest BCUT2D eigenvalue weighted by molar-refractivity contribution is -0.385. The maximum Gasteiger partial charge on any atom is 0.287 e. The van der Waals surface area contributed by atoms with Gasteiger partial charge in [0.2, 0.25) is 0 Å². The Balaban J connectivity index is 2.17. The third kappa shape index (κ3) is 3.05. The number of anilines is 1. The first-order valence-corrected chi connectivity index (χ1v) is 6.59. The molecule has 100 valence electrons. The minimum atomic E-state index is -0.447. The van der Waals surface area contributed by atoms with Gasteiger partial charge in [0.15, 0.2) is 0 Å². The van der Waals surface area contributed by atoms with E-state index in [0.717, 1.165) is 15.4 Å². The van der Waals surface area contributed by atoms with Gasteiger partial charge in [-0.3, -0.25) is 10.1 Å². The standard InChI is InChI=1S/C12H14N4O2S/c1-7-4-10(16(17)18)6-13-11(7)15-9(3)12-14-5-8(2)19-12/h4-6,9H,1-3H3,(H,13,15). The number of pyridine rings is 1.